The summed E-state index contributed by atoms with van der Waals surface area (Å²) in [5, 5.41) is 0. The molecule has 0 bridgehead atoms. The maximum absolute atomic E-state index is 2.46. The first-order valence-corrected chi connectivity index (χ1v) is 12.8. The molecule has 3 fully saturated rings. The predicted octanol–water partition coefficient (Wildman–Crippen LogP) is 8.55. The van der Waals surface area contributed by atoms with Gasteiger partial charge in [-0.05, 0) is 117 Å². The molecule has 0 N–H and O–H groups in total. The van der Waals surface area contributed by atoms with Crippen LogP contribution in [0.15, 0.2) is 24.3 Å². The summed E-state index contributed by atoms with van der Waals surface area (Å²) in [5.74, 6) is 6.12. The summed E-state index contributed by atoms with van der Waals surface area (Å²) >= 11 is 0. The van der Waals surface area contributed by atoms with Crippen LogP contribution < -0.4 is 0 Å². The lowest BCUT2D eigenvalue weighted by atomic mass is 9.65. The lowest BCUT2D eigenvalue weighted by Gasteiger charge is -2.41. The van der Waals surface area contributed by atoms with Crippen molar-refractivity contribution in [3.05, 3.63) is 35.4 Å². The topological polar surface area (TPSA) is 0 Å². The molecule has 0 unspecified atom stereocenters. The molecule has 0 aliphatic heterocycles. The number of benzene rings is 1. The SMILES string of the molecule is CCCc1ccc(C2CCC(C3CCC(C4CCC(C)CC4)CC3)CC2)cc1. The number of hydrogen-bond acceptors (Lipinski definition) is 0. The second-order valence-electron chi connectivity index (χ2n) is 10.8. The molecular formula is C28H44. The summed E-state index contributed by atoms with van der Waals surface area (Å²) in [6, 6.07) is 9.65. The zero-order valence-electron chi connectivity index (χ0n) is 18.7. The predicted molar refractivity (Wildman–Crippen MR) is 122 cm³/mol. The van der Waals surface area contributed by atoms with Crippen molar-refractivity contribution in [3.63, 3.8) is 0 Å². The average Bonchev–Trinajstić information content (AvgIpc) is 2.75. The van der Waals surface area contributed by atoms with E-state index in [1.54, 1.807) is 44.1 Å². The van der Waals surface area contributed by atoms with Crippen molar-refractivity contribution < 1.29 is 0 Å². The van der Waals surface area contributed by atoms with Crippen LogP contribution in [0.4, 0.5) is 0 Å². The smallest absolute Gasteiger partial charge is 0.0162 e. The molecule has 4 rings (SSSR count). The van der Waals surface area contributed by atoms with Gasteiger partial charge in [0.2, 0.25) is 0 Å². The van der Waals surface area contributed by atoms with Crippen LogP contribution in [0, 0.1) is 29.6 Å². The molecule has 0 heteroatoms. The van der Waals surface area contributed by atoms with Crippen molar-refractivity contribution >= 4 is 0 Å². The van der Waals surface area contributed by atoms with Crippen LogP contribution in [-0.2, 0) is 6.42 Å². The molecule has 28 heavy (non-hydrogen) atoms. The van der Waals surface area contributed by atoms with E-state index in [1.165, 1.54) is 56.9 Å². The van der Waals surface area contributed by atoms with Crippen LogP contribution in [-0.4, -0.2) is 0 Å². The van der Waals surface area contributed by atoms with Gasteiger partial charge in [0, 0.05) is 0 Å². The molecule has 156 valence electrons. The fourth-order valence-corrected chi connectivity index (χ4v) is 7.01. The average molecular weight is 381 g/mol. The third kappa shape index (κ3) is 5.03. The standard InChI is InChI=1S/C28H44/c1-3-4-22-7-11-24(12-8-22)26-15-19-28(20-16-26)27-17-13-25(14-18-27)23-9-5-21(2)6-10-23/h7-8,11-12,21,23,25-28H,3-6,9-10,13-20H2,1-2H3. The minimum absolute atomic E-state index is 0.840. The highest BCUT2D eigenvalue weighted by atomic mass is 14.4. The van der Waals surface area contributed by atoms with E-state index in [4.69, 9.17) is 0 Å². The van der Waals surface area contributed by atoms with Crippen molar-refractivity contribution in [3.8, 4) is 0 Å². The van der Waals surface area contributed by atoms with E-state index in [2.05, 4.69) is 38.1 Å². The van der Waals surface area contributed by atoms with Crippen LogP contribution in [0.2, 0.25) is 0 Å². The Morgan fingerprint density at radius 1 is 0.607 bits per heavy atom. The Morgan fingerprint density at radius 3 is 1.50 bits per heavy atom. The molecule has 0 nitrogen and oxygen atoms in total. The Bertz CT molecular complexity index is 561. The Balaban J connectivity index is 1.21. The Labute approximate surface area is 174 Å². The van der Waals surface area contributed by atoms with E-state index in [0.717, 1.165) is 35.5 Å². The highest BCUT2D eigenvalue weighted by Crippen LogP contribution is 2.47. The molecule has 1 aromatic rings. The number of hydrogen-bond donors (Lipinski definition) is 0. The summed E-state index contributed by atoms with van der Waals surface area (Å²) in [7, 11) is 0. The van der Waals surface area contributed by atoms with Crippen molar-refractivity contribution in [2.75, 3.05) is 0 Å². The van der Waals surface area contributed by atoms with Gasteiger partial charge in [0.15, 0.2) is 0 Å². The molecule has 0 spiro atoms. The second-order valence-corrected chi connectivity index (χ2v) is 10.8. The van der Waals surface area contributed by atoms with Gasteiger partial charge in [0.1, 0.15) is 0 Å². The van der Waals surface area contributed by atoms with E-state index in [-0.39, 0.29) is 0 Å². The normalized spacial score (nSPS) is 36.9. The van der Waals surface area contributed by atoms with Crippen LogP contribution in [0.1, 0.15) is 114 Å². The van der Waals surface area contributed by atoms with Gasteiger partial charge >= 0.3 is 0 Å². The van der Waals surface area contributed by atoms with E-state index in [1.807, 2.05) is 0 Å². The summed E-state index contributed by atoms with van der Waals surface area (Å²) in [4.78, 5) is 0. The molecular weight excluding hydrogens is 336 g/mol. The van der Waals surface area contributed by atoms with Gasteiger partial charge in [-0.15, -0.1) is 0 Å². The highest BCUT2D eigenvalue weighted by molar-refractivity contribution is 5.26. The Morgan fingerprint density at radius 2 is 1.04 bits per heavy atom. The first-order valence-electron chi connectivity index (χ1n) is 12.8. The lowest BCUT2D eigenvalue weighted by Crippen LogP contribution is -2.29. The van der Waals surface area contributed by atoms with E-state index in [9.17, 15) is 0 Å². The summed E-state index contributed by atoms with van der Waals surface area (Å²) in [6.45, 7) is 4.74. The molecule has 3 aliphatic carbocycles. The molecule has 0 radical (unpaired) electrons. The maximum Gasteiger partial charge on any atom is -0.0162 e. The molecule has 0 amide bonds. The van der Waals surface area contributed by atoms with Crippen LogP contribution in [0.5, 0.6) is 0 Å². The summed E-state index contributed by atoms with van der Waals surface area (Å²) in [6.07, 6.45) is 20.7. The second kappa shape index (κ2) is 9.82. The van der Waals surface area contributed by atoms with E-state index < -0.39 is 0 Å². The van der Waals surface area contributed by atoms with Crippen molar-refractivity contribution in [2.24, 2.45) is 29.6 Å². The molecule has 0 atom stereocenters. The molecule has 0 aromatic heterocycles. The number of rotatable bonds is 5. The van der Waals surface area contributed by atoms with Crippen molar-refractivity contribution in [2.45, 2.75) is 110 Å². The summed E-state index contributed by atoms with van der Waals surface area (Å²) < 4.78 is 0. The van der Waals surface area contributed by atoms with Gasteiger partial charge in [-0.1, -0.05) is 57.4 Å². The third-order valence-electron chi connectivity index (χ3n) is 8.97. The van der Waals surface area contributed by atoms with Gasteiger partial charge < -0.3 is 0 Å². The first kappa shape index (κ1) is 20.5. The van der Waals surface area contributed by atoms with Crippen molar-refractivity contribution in [1.82, 2.24) is 0 Å². The molecule has 0 heterocycles. The first-order chi connectivity index (χ1) is 13.7. The molecule has 0 saturated heterocycles. The van der Waals surface area contributed by atoms with Gasteiger partial charge in [-0.25, -0.2) is 0 Å². The highest BCUT2D eigenvalue weighted by Gasteiger charge is 2.34. The van der Waals surface area contributed by atoms with Crippen LogP contribution in [0.3, 0.4) is 0 Å². The maximum atomic E-state index is 2.46. The third-order valence-corrected chi connectivity index (χ3v) is 8.97. The molecule has 3 saturated carbocycles. The largest absolute Gasteiger partial charge is 0.0651 e. The fraction of sp³-hybridized carbons (Fsp3) is 0.786. The number of aryl methyl sites for hydroxylation is 1. The minimum atomic E-state index is 0.840. The lowest BCUT2D eigenvalue weighted by molar-refractivity contribution is 0.112. The zero-order chi connectivity index (χ0) is 19.3. The summed E-state index contributed by atoms with van der Waals surface area (Å²) in [5.41, 5.74) is 3.14. The molecule has 3 aliphatic rings. The minimum Gasteiger partial charge on any atom is -0.0651 e. The van der Waals surface area contributed by atoms with Gasteiger partial charge in [0.25, 0.3) is 0 Å². The Hall–Kier alpha value is -0.780. The quantitative estimate of drug-likeness (QED) is 0.480. The van der Waals surface area contributed by atoms with Crippen molar-refractivity contribution in [1.29, 1.82) is 0 Å². The van der Waals surface area contributed by atoms with Crippen LogP contribution >= 0.6 is 0 Å². The zero-order valence-corrected chi connectivity index (χ0v) is 18.7. The molecule has 1 aromatic carbocycles. The van der Waals surface area contributed by atoms with Gasteiger partial charge in [0.05, 0.1) is 0 Å². The van der Waals surface area contributed by atoms with Crippen LogP contribution in [0.25, 0.3) is 0 Å². The van der Waals surface area contributed by atoms with E-state index in [0.29, 0.717) is 0 Å². The Kier molecular flexibility index (Phi) is 7.18. The van der Waals surface area contributed by atoms with Gasteiger partial charge in [-0.3, -0.25) is 0 Å². The monoisotopic (exact) mass is 380 g/mol. The van der Waals surface area contributed by atoms with Gasteiger partial charge in [-0.2, -0.15) is 0 Å². The van der Waals surface area contributed by atoms with E-state index >= 15 is 0 Å². The fourth-order valence-electron chi connectivity index (χ4n) is 7.01.